The Balaban J connectivity index is 1.64. The monoisotopic (exact) mass is 453 g/mol. The summed E-state index contributed by atoms with van der Waals surface area (Å²) in [6, 6.07) is 30.9. The minimum atomic E-state index is 0.978. The number of thiophene rings is 1. The SMILES string of the molecule is Cc1cc2c(c(-c3ccc4sc5ccccc5c4c3-c3ccccn3)c1C)Cc1ccccc1-2. The predicted molar refractivity (Wildman–Crippen MR) is 146 cm³/mol. The molecule has 0 radical (unpaired) electrons. The molecule has 0 aliphatic heterocycles. The van der Waals surface area contributed by atoms with E-state index in [4.69, 9.17) is 4.98 Å². The van der Waals surface area contributed by atoms with Gasteiger partial charge in [0.1, 0.15) is 0 Å². The second-order valence-corrected chi connectivity index (χ2v) is 10.3. The lowest BCUT2D eigenvalue weighted by Crippen LogP contribution is -1.98. The van der Waals surface area contributed by atoms with Crippen LogP contribution in [0.4, 0.5) is 0 Å². The summed E-state index contributed by atoms with van der Waals surface area (Å²) in [6.07, 6.45) is 2.89. The highest BCUT2D eigenvalue weighted by atomic mass is 32.1. The highest BCUT2D eigenvalue weighted by Crippen LogP contribution is 2.49. The van der Waals surface area contributed by atoms with Crippen LogP contribution in [0.3, 0.4) is 0 Å². The fourth-order valence-corrected chi connectivity index (χ4v) is 6.80. The molecule has 0 fully saturated rings. The molecule has 6 aromatic rings. The molecule has 1 aliphatic carbocycles. The van der Waals surface area contributed by atoms with E-state index in [0.717, 1.165) is 12.1 Å². The van der Waals surface area contributed by atoms with Crippen molar-refractivity contribution in [3.63, 3.8) is 0 Å². The van der Waals surface area contributed by atoms with Crippen LogP contribution in [0.25, 0.3) is 53.7 Å². The summed E-state index contributed by atoms with van der Waals surface area (Å²) in [7, 11) is 0. The summed E-state index contributed by atoms with van der Waals surface area (Å²) in [6.45, 7) is 4.53. The Morgan fingerprint density at radius 2 is 1.53 bits per heavy atom. The van der Waals surface area contributed by atoms with Crippen molar-refractivity contribution in [2.45, 2.75) is 20.3 Å². The molecule has 0 bridgehead atoms. The molecule has 0 unspecified atom stereocenters. The van der Waals surface area contributed by atoms with Crippen molar-refractivity contribution >= 4 is 31.5 Å². The van der Waals surface area contributed by atoms with Crippen LogP contribution in [0.15, 0.2) is 91.1 Å². The molecule has 1 aliphatic rings. The number of aryl methyl sites for hydroxylation is 1. The lowest BCUT2D eigenvalue weighted by molar-refractivity contribution is 1.23. The van der Waals surface area contributed by atoms with E-state index in [1.807, 2.05) is 23.6 Å². The average Bonchev–Trinajstić information content (AvgIpc) is 3.43. The van der Waals surface area contributed by atoms with Crippen LogP contribution in [0.1, 0.15) is 22.3 Å². The van der Waals surface area contributed by atoms with E-state index in [2.05, 4.69) is 92.7 Å². The normalized spacial score (nSPS) is 12.3. The largest absolute Gasteiger partial charge is 0.256 e. The average molecular weight is 454 g/mol. The van der Waals surface area contributed by atoms with Crippen LogP contribution < -0.4 is 0 Å². The van der Waals surface area contributed by atoms with Gasteiger partial charge in [0.15, 0.2) is 0 Å². The zero-order valence-corrected chi connectivity index (χ0v) is 20.0. The highest BCUT2D eigenvalue weighted by Gasteiger charge is 2.26. The van der Waals surface area contributed by atoms with Gasteiger partial charge in [-0.2, -0.15) is 0 Å². The molecule has 2 heteroatoms. The summed E-state index contributed by atoms with van der Waals surface area (Å²) in [5, 5.41) is 2.64. The van der Waals surface area contributed by atoms with Crippen molar-refractivity contribution in [2.24, 2.45) is 0 Å². The van der Waals surface area contributed by atoms with Gasteiger partial charge in [-0.1, -0.05) is 60.7 Å². The molecule has 0 spiro atoms. The number of aromatic nitrogens is 1. The van der Waals surface area contributed by atoms with Crippen molar-refractivity contribution in [1.29, 1.82) is 0 Å². The Bertz CT molecular complexity index is 1740. The summed E-state index contributed by atoms with van der Waals surface area (Å²) < 4.78 is 2.64. The number of pyridine rings is 1. The first-order valence-corrected chi connectivity index (χ1v) is 12.6. The summed E-state index contributed by atoms with van der Waals surface area (Å²) in [5.41, 5.74) is 13.3. The Kier molecular flexibility index (Phi) is 4.27. The Labute approximate surface area is 203 Å². The minimum absolute atomic E-state index is 0.978. The molecular formula is C32H23NS. The van der Waals surface area contributed by atoms with E-state index in [0.29, 0.717) is 0 Å². The van der Waals surface area contributed by atoms with Crippen LogP contribution in [0.5, 0.6) is 0 Å². The molecule has 0 amide bonds. The maximum atomic E-state index is 4.86. The zero-order valence-electron chi connectivity index (χ0n) is 19.2. The molecule has 162 valence electrons. The predicted octanol–water partition coefficient (Wildman–Crippen LogP) is 8.97. The molecule has 0 N–H and O–H groups in total. The third kappa shape index (κ3) is 2.76. The van der Waals surface area contributed by atoms with E-state index in [-0.39, 0.29) is 0 Å². The van der Waals surface area contributed by atoms with E-state index < -0.39 is 0 Å². The topological polar surface area (TPSA) is 12.9 Å². The van der Waals surface area contributed by atoms with E-state index in [1.54, 1.807) is 0 Å². The molecule has 34 heavy (non-hydrogen) atoms. The van der Waals surface area contributed by atoms with E-state index >= 15 is 0 Å². The molecule has 0 atom stereocenters. The molecule has 0 saturated carbocycles. The number of hydrogen-bond acceptors (Lipinski definition) is 2. The summed E-state index contributed by atoms with van der Waals surface area (Å²) in [4.78, 5) is 4.86. The minimum Gasteiger partial charge on any atom is -0.256 e. The Morgan fingerprint density at radius 1 is 0.706 bits per heavy atom. The number of nitrogens with zero attached hydrogens (tertiary/aromatic N) is 1. The number of benzene rings is 4. The fraction of sp³-hybridized carbons (Fsp3) is 0.0938. The fourth-order valence-electron chi connectivity index (χ4n) is 5.69. The van der Waals surface area contributed by atoms with Crippen molar-refractivity contribution in [3.8, 4) is 33.5 Å². The second kappa shape index (κ2) is 7.38. The van der Waals surface area contributed by atoms with Gasteiger partial charge in [-0.05, 0) is 89.0 Å². The maximum absolute atomic E-state index is 4.86. The van der Waals surface area contributed by atoms with Gasteiger partial charge >= 0.3 is 0 Å². The molecule has 1 nitrogen and oxygen atoms in total. The molecular weight excluding hydrogens is 430 g/mol. The van der Waals surface area contributed by atoms with Gasteiger partial charge in [0.25, 0.3) is 0 Å². The lowest BCUT2D eigenvalue weighted by atomic mass is 9.84. The van der Waals surface area contributed by atoms with Gasteiger partial charge in [-0.3, -0.25) is 4.98 Å². The third-order valence-electron chi connectivity index (χ3n) is 7.36. The van der Waals surface area contributed by atoms with Crippen molar-refractivity contribution in [1.82, 2.24) is 4.98 Å². The quantitative estimate of drug-likeness (QED) is 0.254. The first-order chi connectivity index (χ1) is 16.7. The number of fused-ring (bicyclic) bond motifs is 6. The van der Waals surface area contributed by atoms with Gasteiger partial charge in [-0.25, -0.2) is 0 Å². The van der Waals surface area contributed by atoms with Crippen LogP contribution >= 0.6 is 11.3 Å². The molecule has 4 aromatic carbocycles. The zero-order chi connectivity index (χ0) is 22.8. The highest BCUT2D eigenvalue weighted by molar-refractivity contribution is 7.26. The first-order valence-electron chi connectivity index (χ1n) is 11.8. The van der Waals surface area contributed by atoms with Gasteiger partial charge in [0.2, 0.25) is 0 Å². The van der Waals surface area contributed by atoms with Crippen LogP contribution in [0.2, 0.25) is 0 Å². The summed E-state index contributed by atoms with van der Waals surface area (Å²) in [5.74, 6) is 0. The van der Waals surface area contributed by atoms with Gasteiger partial charge in [-0.15, -0.1) is 11.3 Å². The first kappa shape index (κ1) is 19.7. The molecule has 2 aromatic heterocycles. The third-order valence-corrected chi connectivity index (χ3v) is 8.50. The van der Waals surface area contributed by atoms with Crippen LogP contribution in [-0.4, -0.2) is 4.98 Å². The summed E-state index contributed by atoms with van der Waals surface area (Å²) >= 11 is 1.87. The van der Waals surface area contributed by atoms with E-state index in [1.165, 1.54) is 70.2 Å². The van der Waals surface area contributed by atoms with Gasteiger partial charge in [0.05, 0.1) is 5.69 Å². The Morgan fingerprint density at radius 3 is 2.41 bits per heavy atom. The van der Waals surface area contributed by atoms with Crippen molar-refractivity contribution in [3.05, 3.63) is 113 Å². The maximum Gasteiger partial charge on any atom is 0.0714 e. The molecule has 2 heterocycles. The second-order valence-electron chi connectivity index (χ2n) is 9.23. The van der Waals surface area contributed by atoms with Crippen molar-refractivity contribution < 1.29 is 0 Å². The van der Waals surface area contributed by atoms with Crippen LogP contribution in [0, 0.1) is 13.8 Å². The Hall–Kier alpha value is -3.75. The molecule has 0 saturated heterocycles. The lowest BCUT2D eigenvalue weighted by Gasteiger charge is -2.19. The molecule has 7 rings (SSSR count). The van der Waals surface area contributed by atoms with Gasteiger partial charge < -0.3 is 0 Å². The van der Waals surface area contributed by atoms with E-state index in [9.17, 15) is 0 Å². The van der Waals surface area contributed by atoms with Crippen molar-refractivity contribution in [2.75, 3.05) is 0 Å². The number of rotatable bonds is 2. The van der Waals surface area contributed by atoms with Crippen LogP contribution in [-0.2, 0) is 6.42 Å². The standard InChI is InChI=1S/C32H23NS/c1-19-17-25-22-10-4-3-9-21(22)18-26(25)30(20(19)2)24-14-15-29-32(23-11-5-6-13-28(23)34-29)31(24)27-12-7-8-16-33-27/h3-17H,18H2,1-2H3. The smallest absolute Gasteiger partial charge is 0.0714 e. The van der Waals surface area contributed by atoms with Gasteiger partial charge in [0, 0.05) is 31.9 Å². The number of hydrogen-bond donors (Lipinski definition) is 0.